The van der Waals surface area contributed by atoms with Crippen molar-refractivity contribution in [3.05, 3.63) is 34.9 Å². The minimum atomic E-state index is -0.371. The molecule has 1 aliphatic heterocycles. The third-order valence-corrected chi connectivity index (χ3v) is 7.85. The number of amides is 1. The van der Waals surface area contributed by atoms with Crippen LogP contribution in [0.2, 0.25) is 0 Å². The number of nitrogens with zero attached hydrogens (tertiary/aromatic N) is 1. The summed E-state index contributed by atoms with van der Waals surface area (Å²) in [7, 11) is 0. The number of rotatable bonds is 3. The van der Waals surface area contributed by atoms with Crippen LogP contribution in [0, 0.1) is 11.8 Å². The number of hydrogen-bond donors (Lipinski definition) is 1. The van der Waals surface area contributed by atoms with Gasteiger partial charge in [-0.2, -0.15) is 0 Å². The lowest BCUT2D eigenvalue weighted by atomic mass is 9.52. The van der Waals surface area contributed by atoms with Gasteiger partial charge in [0.2, 0.25) is 5.91 Å². The molecule has 1 saturated heterocycles. The molecule has 138 valence electrons. The Kier molecular flexibility index (Phi) is 3.59. The van der Waals surface area contributed by atoms with Crippen molar-refractivity contribution in [3.8, 4) is 0 Å². The van der Waals surface area contributed by atoms with Crippen LogP contribution in [-0.2, 0) is 16.6 Å². The van der Waals surface area contributed by atoms with Crippen molar-refractivity contribution in [3.63, 3.8) is 0 Å². The average molecular weight is 352 g/mol. The SMILES string of the molecule is C[C@@H](C1CC1)N1CC[C@]23CC(=O)CC[C@H]2[C@H]1Cc1ccc(C(N)=O)cc13. The predicted octanol–water partition coefficient (Wildman–Crippen LogP) is 2.82. The van der Waals surface area contributed by atoms with Gasteiger partial charge in [-0.05, 0) is 80.7 Å². The molecule has 1 aromatic rings. The van der Waals surface area contributed by atoms with Gasteiger partial charge in [0, 0.05) is 35.9 Å². The molecule has 1 heterocycles. The zero-order chi connectivity index (χ0) is 18.1. The molecular formula is C22H28N2O2. The van der Waals surface area contributed by atoms with Gasteiger partial charge < -0.3 is 5.73 Å². The summed E-state index contributed by atoms with van der Waals surface area (Å²) >= 11 is 0. The zero-order valence-electron chi connectivity index (χ0n) is 15.5. The van der Waals surface area contributed by atoms with Gasteiger partial charge in [-0.15, -0.1) is 0 Å². The van der Waals surface area contributed by atoms with Crippen LogP contribution in [-0.4, -0.2) is 35.2 Å². The van der Waals surface area contributed by atoms with Crippen molar-refractivity contribution in [1.29, 1.82) is 0 Å². The lowest BCUT2D eigenvalue weighted by molar-refractivity contribution is -0.128. The number of Topliss-reactive ketones (excluding diaryl/α,β-unsaturated/α-hetero) is 1. The van der Waals surface area contributed by atoms with Gasteiger partial charge in [-0.1, -0.05) is 6.07 Å². The van der Waals surface area contributed by atoms with Gasteiger partial charge in [0.25, 0.3) is 0 Å². The second kappa shape index (κ2) is 5.66. The third-order valence-electron chi connectivity index (χ3n) is 7.85. The van der Waals surface area contributed by atoms with Crippen LogP contribution in [0.3, 0.4) is 0 Å². The molecule has 26 heavy (non-hydrogen) atoms. The quantitative estimate of drug-likeness (QED) is 0.910. The zero-order valence-corrected chi connectivity index (χ0v) is 15.5. The van der Waals surface area contributed by atoms with E-state index in [-0.39, 0.29) is 11.3 Å². The molecule has 4 heteroatoms. The topological polar surface area (TPSA) is 63.4 Å². The highest BCUT2D eigenvalue weighted by atomic mass is 16.1. The minimum Gasteiger partial charge on any atom is -0.366 e. The summed E-state index contributed by atoms with van der Waals surface area (Å²) in [6, 6.07) is 7.18. The Hall–Kier alpha value is -1.68. The minimum absolute atomic E-state index is 0.0706. The van der Waals surface area contributed by atoms with E-state index < -0.39 is 0 Å². The van der Waals surface area contributed by atoms with Gasteiger partial charge >= 0.3 is 0 Å². The Morgan fingerprint density at radius 2 is 2.12 bits per heavy atom. The molecule has 4 atom stereocenters. The summed E-state index contributed by atoms with van der Waals surface area (Å²) in [5.74, 6) is 1.42. The highest BCUT2D eigenvalue weighted by Gasteiger charge is 2.56. The third kappa shape index (κ3) is 2.31. The summed E-state index contributed by atoms with van der Waals surface area (Å²) in [6.45, 7) is 3.48. The molecule has 2 saturated carbocycles. The first-order valence-electron chi connectivity index (χ1n) is 10.2. The molecule has 4 aliphatic rings. The molecule has 1 aromatic carbocycles. The monoisotopic (exact) mass is 352 g/mol. The molecule has 0 unspecified atom stereocenters. The smallest absolute Gasteiger partial charge is 0.248 e. The van der Waals surface area contributed by atoms with E-state index in [1.807, 2.05) is 12.1 Å². The standard InChI is InChI=1S/C22H28N2O2/c1-13(14-2-3-14)24-9-8-22-12-17(25)6-7-18(22)20(24)11-15-4-5-16(21(23)26)10-19(15)22/h4-5,10,13-14,18,20H,2-3,6-9,11-12H2,1H3,(H2,23,26)/t13-,18-,20+,22-/m0/s1. The molecule has 4 nitrogen and oxygen atoms in total. The van der Waals surface area contributed by atoms with E-state index in [0.717, 1.165) is 38.1 Å². The second-order valence-electron chi connectivity index (χ2n) is 9.09. The number of primary amides is 1. The summed E-state index contributed by atoms with van der Waals surface area (Å²) in [5.41, 5.74) is 8.65. The molecule has 2 bridgehead atoms. The van der Waals surface area contributed by atoms with E-state index in [0.29, 0.717) is 35.8 Å². The van der Waals surface area contributed by atoms with Crippen LogP contribution >= 0.6 is 0 Å². The first-order chi connectivity index (χ1) is 12.5. The molecular weight excluding hydrogens is 324 g/mol. The number of carbonyl (C=O) groups excluding carboxylic acids is 2. The van der Waals surface area contributed by atoms with Crippen LogP contribution in [0.25, 0.3) is 0 Å². The number of hydrogen-bond acceptors (Lipinski definition) is 3. The fraction of sp³-hybridized carbons (Fsp3) is 0.636. The number of benzene rings is 1. The number of likely N-dealkylation sites (tertiary alicyclic amines) is 1. The van der Waals surface area contributed by atoms with E-state index in [2.05, 4.69) is 17.9 Å². The summed E-state index contributed by atoms with van der Waals surface area (Å²) in [5, 5.41) is 0. The van der Waals surface area contributed by atoms with Gasteiger partial charge in [0.05, 0.1) is 0 Å². The average Bonchev–Trinajstić information content (AvgIpc) is 3.45. The molecule has 0 spiro atoms. The fourth-order valence-electron chi connectivity index (χ4n) is 6.36. The van der Waals surface area contributed by atoms with Gasteiger partial charge in [-0.25, -0.2) is 0 Å². The lowest BCUT2D eigenvalue weighted by Crippen LogP contribution is -2.63. The van der Waals surface area contributed by atoms with Gasteiger partial charge in [0.1, 0.15) is 5.78 Å². The van der Waals surface area contributed by atoms with E-state index in [9.17, 15) is 9.59 Å². The van der Waals surface area contributed by atoms with Crippen LogP contribution in [0.5, 0.6) is 0 Å². The summed E-state index contributed by atoms with van der Waals surface area (Å²) < 4.78 is 0. The highest BCUT2D eigenvalue weighted by molar-refractivity contribution is 5.93. The van der Waals surface area contributed by atoms with E-state index in [1.54, 1.807) is 0 Å². The Morgan fingerprint density at radius 3 is 2.85 bits per heavy atom. The molecule has 0 radical (unpaired) electrons. The maximum absolute atomic E-state index is 12.5. The lowest BCUT2D eigenvalue weighted by Gasteiger charge is -2.60. The first-order valence-corrected chi connectivity index (χ1v) is 10.2. The van der Waals surface area contributed by atoms with Crippen LogP contribution < -0.4 is 5.73 Å². The first kappa shape index (κ1) is 16.5. The Morgan fingerprint density at radius 1 is 1.31 bits per heavy atom. The number of fused-ring (bicyclic) bond motifs is 1. The fourth-order valence-corrected chi connectivity index (χ4v) is 6.36. The molecule has 5 rings (SSSR count). The summed E-state index contributed by atoms with van der Waals surface area (Å²) in [4.78, 5) is 27.0. The van der Waals surface area contributed by atoms with E-state index >= 15 is 0 Å². The van der Waals surface area contributed by atoms with Crippen LogP contribution in [0.4, 0.5) is 0 Å². The number of carbonyl (C=O) groups is 2. The van der Waals surface area contributed by atoms with Crippen LogP contribution in [0.15, 0.2) is 18.2 Å². The molecule has 3 fully saturated rings. The number of piperidine rings is 1. The molecule has 3 aliphatic carbocycles. The van der Waals surface area contributed by atoms with Crippen molar-refractivity contribution in [2.75, 3.05) is 6.54 Å². The Balaban J connectivity index is 1.61. The highest BCUT2D eigenvalue weighted by Crippen LogP contribution is 2.56. The normalized spacial score (nSPS) is 34.7. The largest absolute Gasteiger partial charge is 0.366 e. The van der Waals surface area contributed by atoms with Gasteiger partial charge in [-0.3, -0.25) is 14.5 Å². The number of ketones is 1. The van der Waals surface area contributed by atoms with Crippen molar-refractivity contribution < 1.29 is 9.59 Å². The Bertz CT molecular complexity index is 784. The van der Waals surface area contributed by atoms with E-state index in [4.69, 9.17) is 5.73 Å². The maximum Gasteiger partial charge on any atom is 0.248 e. The molecule has 0 aromatic heterocycles. The second-order valence-corrected chi connectivity index (χ2v) is 9.09. The van der Waals surface area contributed by atoms with Crippen molar-refractivity contribution in [2.45, 2.75) is 69.4 Å². The van der Waals surface area contributed by atoms with Crippen molar-refractivity contribution in [1.82, 2.24) is 4.90 Å². The van der Waals surface area contributed by atoms with Crippen molar-refractivity contribution in [2.24, 2.45) is 17.6 Å². The molecule has 1 amide bonds. The summed E-state index contributed by atoms with van der Waals surface area (Å²) in [6.07, 6.45) is 7.19. The number of nitrogens with two attached hydrogens (primary N) is 1. The maximum atomic E-state index is 12.5. The van der Waals surface area contributed by atoms with Gasteiger partial charge in [0.15, 0.2) is 0 Å². The van der Waals surface area contributed by atoms with E-state index in [1.165, 1.54) is 24.0 Å². The van der Waals surface area contributed by atoms with Crippen molar-refractivity contribution >= 4 is 11.7 Å². The molecule has 2 N–H and O–H groups in total. The Labute approximate surface area is 155 Å². The van der Waals surface area contributed by atoms with Crippen LogP contribution in [0.1, 0.15) is 66.9 Å². The predicted molar refractivity (Wildman–Crippen MR) is 100.0 cm³/mol.